The van der Waals surface area contributed by atoms with Crippen LogP contribution >= 0.6 is 0 Å². The summed E-state index contributed by atoms with van der Waals surface area (Å²) >= 11 is 0. The Morgan fingerprint density at radius 3 is 2.78 bits per heavy atom. The SMILES string of the molecule is CCCCOCCN1CC(C)NCC1(C)C1CC1. The lowest BCUT2D eigenvalue weighted by Crippen LogP contribution is -2.64. The van der Waals surface area contributed by atoms with E-state index < -0.39 is 0 Å². The van der Waals surface area contributed by atoms with E-state index in [1.54, 1.807) is 0 Å². The molecule has 18 heavy (non-hydrogen) atoms. The highest BCUT2D eigenvalue weighted by atomic mass is 16.5. The first-order chi connectivity index (χ1) is 8.66. The molecule has 2 aliphatic rings. The van der Waals surface area contributed by atoms with Gasteiger partial charge in [0, 0.05) is 37.8 Å². The topological polar surface area (TPSA) is 24.5 Å². The van der Waals surface area contributed by atoms with E-state index in [1.807, 2.05) is 0 Å². The van der Waals surface area contributed by atoms with Gasteiger partial charge in [0.05, 0.1) is 6.61 Å². The molecule has 0 amide bonds. The summed E-state index contributed by atoms with van der Waals surface area (Å²) in [5.41, 5.74) is 0.376. The predicted molar refractivity (Wildman–Crippen MR) is 75.9 cm³/mol. The van der Waals surface area contributed by atoms with E-state index >= 15 is 0 Å². The zero-order valence-corrected chi connectivity index (χ0v) is 12.4. The highest BCUT2D eigenvalue weighted by molar-refractivity contribution is 5.04. The van der Waals surface area contributed by atoms with Crippen molar-refractivity contribution >= 4 is 0 Å². The third-order valence-corrected chi connectivity index (χ3v) is 4.63. The van der Waals surface area contributed by atoms with Gasteiger partial charge in [0.2, 0.25) is 0 Å². The molecular formula is C15H30N2O. The molecule has 2 atom stereocenters. The Labute approximate surface area is 112 Å². The molecule has 1 saturated heterocycles. The van der Waals surface area contributed by atoms with Gasteiger partial charge in [-0.05, 0) is 39.0 Å². The maximum Gasteiger partial charge on any atom is 0.0593 e. The third-order valence-electron chi connectivity index (χ3n) is 4.63. The average Bonchev–Trinajstić information content (AvgIpc) is 3.18. The fraction of sp³-hybridized carbons (Fsp3) is 1.00. The molecule has 106 valence electrons. The quantitative estimate of drug-likeness (QED) is 0.705. The molecule has 0 radical (unpaired) electrons. The lowest BCUT2D eigenvalue weighted by atomic mass is 9.90. The minimum absolute atomic E-state index is 0.376. The van der Waals surface area contributed by atoms with Crippen molar-refractivity contribution < 1.29 is 4.74 Å². The van der Waals surface area contributed by atoms with Gasteiger partial charge in [-0.2, -0.15) is 0 Å². The molecule has 2 unspecified atom stereocenters. The van der Waals surface area contributed by atoms with Gasteiger partial charge in [-0.3, -0.25) is 4.90 Å². The largest absolute Gasteiger partial charge is 0.380 e. The molecular weight excluding hydrogens is 224 g/mol. The summed E-state index contributed by atoms with van der Waals surface area (Å²) in [6, 6.07) is 0.618. The number of piperazine rings is 1. The van der Waals surface area contributed by atoms with Crippen LogP contribution in [0.2, 0.25) is 0 Å². The highest BCUT2D eigenvalue weighted by Crippen LogP contribution is 2.43. The molecule has 2 rings (SSSR count). The monoisotopic (exact) mass is 254 g/mol. The molecule has 2 fully saturated rings. The van der Waals surface area contributed by atoms with Gasteiger partial charge in [0.25, 0.3) is 0 Å². The van der Waals surface area contributed by atoms with Crippen LogP contribution in [0.3, 0.4) is 0 Å². The van der Waals surface area contributed by atoms with Crippen molar-refractivity contribution in [3.8, 4) is 0 Å². The van der Waals surface area contributed by atoms with Gasteiger partial charge in [-0.1, -0.05) is 13.3 Å². The molecule has 0 aromatic carbocycles. The zero-order valence-electron chi connectivity index (χ0n) is 12.4. The molecule has 1 heterocycles. The van der Waals surface area contributed by atoms with E-state index in [2.05, 4.69) is 31.0 Å². The first-order valence-electron chi connectivity index (χ1n) is 7.73. The van der Waals surface area contributed by atoms with Crippen LogP contribution in [-0.2, 0) is 4.74 Å². The molecule has 3 nitrogen and oxygen atoms in total. The predicted octanol–water partition coefficient (Wildman–Crippen LogP) is 2.27. The van der Waals surface area contributed by atoms with Crippen molar-refractivity contribution in [2.24, 2.45) is 5.92 Å². The summed E-state index contributed by atoms with van der Waals surface area (Å²) in [4.78, 5) is 2.68. The summed E-state index contributed by atoms with van der Waals surface area (Å²) < 4.78 is 5.74. The Kier molecular flexibility index (Phi) is 5.05. The lowest BCUT2D eigenvalue weighted by Gasteiger charge is -2.48. The summed E-state index contributed by atoms with van der Waals surface area (Å²) in [6.45, 7) is 12.2. The van der Waals surface area contributed by atoms with Crippen molar-refractivity contribution in [2.45, 2.75) is 58.0 Å². The Morgan fingerprint density at radius 1 is 1.33 bits per heavy atom. The summed E-state index contributed by atoms with van der Waals surface area (Å²) in [5.74, 6) is 0.910. The van der Waals surface area contributed by atoms with Crippen LogP contribution in [0, 0.1) is 5.92 Å². The van der Waals surface area contributed by atoms with E-state index in [0.29, 0.717) is 11.6 Å². The fourth-order valence-corrected chi connectivity index (χ4v) is 3.07. The van der Waals surface area contributed by atoms with Crippen LogP contribution in [0.25, 0.3) is 0 Å². The second-order valence-electron chi connectivity index (χ2n) is 6.33. The normalized spacial score (nSPS) is 33.8. The van der Waals surface area contributed by atoms with Crippen molar-refractivity contribution in [1.82, 2.24) is 10.2 Å². The molecule has 1 saturated carbocycles. The highest BCUT2D eigenvalue weighted by Gasteiger charge is 2.47. The zero-order chi connectivity index (χ0) is 13.0. The summed E-state index contributed by atoms with van der Waals surface area (Å²) in [6.07, 6.45) is 5.25. The molecule has 0 spiro atoms. The second-order valence-corrected chi connectivity index (χ2v) is 6.33. The van der Waals surface area contributed by atoms with E-state index in [9.17, 15) is 0 Å². The van der Waals surface area contributed by atoms with E-state index in [0.717, 1.165) is 32.2 Å². The van der Waals surface area contributed by atoms with Gasteiger partial charge in [0.15, 0.2) is 0 Å². The van der Waals surface area contributed by atoms with E-state index in [1.165, 1.54) is 32.2 Å². The second kappa shape index (κ2) is 6.36. The van der Waals surface area contributed by atoms with Crippen molar-refractivity contribution in [3.05, 3.63) is 0 Å². The first-order valence-corrected chi connectivity index (χ1v) is 7.73. The molecule has 1 aliphatic heterocycles. The van der Waals surface area contributed by atoms with Crippen molar-refractivity contribution in [2.75, 3.05) is 32.8 Å². The molecule has 1 aliphatic carbocycles. The number of unbranched alkanes of at least 4 members (excludes halogenated alkanes) is 1. The van der Waals surface area contributed by atoms with E-state index in [4.69, 9.17) is 4.74 Å². The lowest BCUT2D eigenvalue weighted by molar-refractivity contribution is 0.00910. The minimum Gasteiger partial charge on any atom is -0.380 e. The van der Waals surface area contributed by atoms with Crippen LogP contribution in [-0.4, -0.2) is 49.3 Å². The molecule has 0 aromatic rings. The van der Waals surface area contributed by atoms with Crippen LogP contribution in [0.1, 0.15) is 46.5 Å². The smallest absolute Gasteiger partial charge is 0.0593 e. The molecule has 0 bridgehead atoms. The third kappa shape index (κ3) is 3.46. The number of nitrogens with one attached hydrogen (secondary N) is 1. The number of hydrogen-bond donors (Lipinski definition) is 1. The van der Waals surface area contributed by atoms with Gasteiger partial charge < -0.3 is 10.1 Å². The van der Waals surface area contributed by atoms with Crippen LogP contribution < -0.4 is 5.32 Å². The van der Waals surface area contributed by atoms with Gasteiger partial charge in [-0.25, -0.2) is 0 Å². The number of hydrogen-bond acceptors (Lipinski definition) is 3. The average molecular weight is 254 g/mol. The summed E-state index contributed by atoms with van der Waals surface area (Å²) in [5, 5.41) is 3.65. The molecule has 0 aromatic heterocycles. The Bertz CT molecular complexity index is 255. The van der Waals surface area contributed by atoms with Gasteiger partial charge in [0.1, 0.15) is 0 Å². The van der Waals surface area contributed by atoms with Gasteiger partial charge >= 0.3 is 0 Å². The number of rotatable bonds is 7. The maximum atomic E-state index is 5.74. The minimum atomic E-state index is 0.376. The Balaban J connectivity index is 1.78. The maximum absolute atomic E-state index is 5.74. The summed E-state index contributed by atoms with van der Waals surface area (Å²) in [7, 11) is 0. The van der Waals surface area contributed by atoms with Crippen LogP contribution in [0.15, 0.2) is 0 Å². The Morgan fingerprint density at radius 2 is 2.11 bits per heavy atom. The number of nitrogens with zero attached hydrogens (tertiary/aromatic N) is 1. The Hall–Kier alpha value is -0.120. The fourth-order valence-electron chi connectivity index (χ4n) is 3.07. The first kappa shape index (κ1) is 14.3. The molecule has 3 heteroatoms. The van der Waals surface area contributed by atoms with Gasteiger partial charge in [-0.15, -0.1) is 0 Å². The van der Waals surface area contributed by atoms with Crippen LogP contribution in [0.4, 0.5) is 0 Å². The van der Waals surface area contributed by atoms with Crippen LogP contribution in [0.5, 0.6) is 0 Å². The van der Waals surface area contributed by atoms with Crippen molar-refractivity contribution in [1.29, 1.82) is 0 Å². The van der Waals surface area contributed by atoms with Crippen molar-refractivity contribution in [3.63, 3.8) is 0 Å². The number of ether oxygens (including phenoxy) is 1. The van der Waals surface area contributed by atoms with E-state index in [-0.39, 0.29) is 0 Å². The molecule has 1 N–H and O–H groups in total. The standard InChI is InChI=1S/C15H30N2O/c1-4-5-9-18-10-8-17-11-13(2)16-12-15(17,3)14-6-7-14/h13-14,16H,4-12H2,1-3H3.